The summed E-state index contributed by atoms with van der Waals surface area (Å²) in [6.07, 6.45) is 2.92. The molecule has 1 aromatic heterocycles. The Morgan fingerprint density at radius 2 is 2.17 bits per heavy atom. The van der Waals surface area contributed by atoms with Gasteiger partial charge in [0, 0.05) is 45.2 Å². The van der Waals surface area contributed by atoms with Crippen molar-refractivity contribution < 1.29 is 4.74 Å². The molecule has 0 atom stereocenters. The van der Waals surface area contributed by atoms with E-state index in [1.807, 2.05) is 0 Å². The maximum Gasteiger partial charge on any atom is 0.128 e. The van der Waals surface area contributed by atoms with Gasteiger partial charge < -0.3 is 10.1 Å². The number of aromatic nitrogens is 2. The van der Waals surface area contributed by atoms with Gasteiger partial charge >= 0.3 is 0 Å². The second-order valence-corrected chi connectivity index (χ2v) is 5.13. The van der Waals surface area contributed by atoms with Gasteiger partial charge in [-0.25, -0.2) is 9.97 Å². The highest BCUT2D eigenvalue weighted by Crippen LogP contribution is 2.22. The number of nitrogens with one attached hydrogen (secondary N) is 1. The Balaban J connectivity index is 2.24. The maximum absolute atomic E-state index is 5.09. The van der Waals surface area contributed by atoms with E-state index in [1.165, 1.54) is 17.0 Å². The molecule has 4 nitrogen and oxygen atoms in total. The Morgan fingerprint density at radius 1 is 1.33 bits per heavy atom. The summed E-state index contributed by atoms with van der Waals surface area (Å²) < 4.78 is 5.09. The molecule has 0 fully saturated rings. The first-order chi connectivity index (χ1) is 8.72. The van der Waals surface area contributed by atoms with Crippen LogP contribution in [0.3, 0.4) is 0 Å². The molecule has 0 aliphatic carbocycles. The van der Waals surface area contributed by atoms with Crippen LogP contribution >= 0.6 is 0 Å². The van der Waals surface area contributed by atoms with Gasteiger partial charge in [-0.15, -0.1) is 0 Å². The molecule has 2 rings (SSSR count). The Bertz CT molecular complexity index is 404. The van der Waals surface area contributed by atoms with Gasteiger partial charge in [0.25, 0.3) is 0 Å². The van der Waals surface area contributed by atoms with Crippen LogP contribution in [0.2, 0.25) is 0 Å². The quantitative estimate of drug-likeness (QED) is 0.809. The lowest BCUT2D eigenvalue weighted by molar-refractivity contribution is 0.194. The first-order valence-corrected chi connectivity index (χ1v) is 6.80. The van der Waals surface area contributed by atoms with Crippen molar-refractivity contribution in [2.75, 3.05) is 20.3 Å². The molecule has 0 radical (unpaired) electrons. The molecule has 1 aliphatic rings. The molecule has 0 bridgehead atoms. The Morgan fingerprint density at radius 3 is 2.89 bits per heavy atom. The summed E-state index contributed by atoms with van der Waals surface area (Å²) in [6.45, 7) is 7.13. The van der Waals surface area contributed by atoms with E-state index in [9.17, 15) is 0 Å². The molecule has 0 amide bonds. The smallest absolute Gasteiger partial charge is 0.128 e. The number of nitrogens with zero attached hydrogens (tertiary/aromatic N) is 2. The largest absolute Gasteiger partial charge is 0.385 e. The highest BCUT2D eigenvalue weighted by molar-refractivity contribution is 5.30. The second kappa shape index (κ2) is 6.25. The lowest BCUT2D eigenvalue weighted by Crippen LogP contribution is -2.27. The topological polar surface area (TPSA) is 47.0 Å². The maximum atomic E-state index is 5.09. The molecule has 1 N–H and O–H groups in total. The summed E-state index contributed by atoms with van der Waals surface area (Å²) in [7, 11) is 1.74. The van der Waals surface area contributed by atoms with Crippen LogP contribution in [-0.2, 0) is 24.1 Å². The van der Waals surface area contributed by atoms with Gasteiger partial charge in [-0.2, -0.15) is 0 Å². The first kappa shape index (κ1) is 13.4. The zero-order chi connectivity index (χ0) is 13.0. The van der Waals surface area contributed by atoms with Crippen molar-refractivity contribution >= 4 is 0 Å². The van der Waals surface area contributed by atoms with Crippen LogP contribution in [-0.4, -0.2) is 30.2 Å². The number of fused-ring (bicyclic) bond motifs is 1. The van der Waals surface area contributed by atoms with Gasteiger partial charge in [-0.1, -0.05) is 13.8 Å². The molecule has 18 heavy (non-hydrogen) atoms. The van der Waals surface area contributed by atoms with Gasteiger partial charge in [0.15, 0.2) is 0 Å². The van der Waals surface area contributed by atoms with E-state index in [0.29, 0.717) is 5.92 Å². The molecule has 0 aromatic carbocycles. The van der Waals surface area contributed by atoms with Gasteiger partial charge in [0.1, 0.15) is 5.82 Å². The lowest BCUT2D eigenvalue weighted by Gasteiger charge is -2.21. The minimum Gasteiger partial charge on any atom is -0.385 e. The summed E-state index contributed by atoms with van der Waals surface area (Å²) in [4.78, 5) is 9.47. The molecule has 100 valence electrons. The molecule has 0 saturated carbocycles. The van der Waals surface area contributed by atoms with E-state index in [2.05, 4.69) is 19.2 Å². The van der Waals surface area contributed by atoms with E-state index in [-0.39, 0.29) is 0 Å². The van der Waals surface area contributed by atoms with Crippen molar-refractivity contribution in [3.63, 3.8) is 0 Å². The fourth-order valence-electron chi connectivity index (χ4n) is 2.39. The van der Waals surface area contributed by atoms with E-state index in [1.54, 1.807) is 7.11 Å². The predicted octanol–water partition coefficient (Wildman–Crippen LogP) is 1.82. The third-order valence-corrected chi connectivity index (χ3v) is 3.31. The van der Waals surface area contributed by atoms with Gasteiger partial charge in [0.2, 0.25) is 0 Å². The fraction of sp³-hybridized carbons (Fsp3) is 0.714. The standard InChI is InChI=1S/C14H23N3O/c1-10(2)14-11-9-15-7-6-12(11)16-13(17-14)5-4-8-18-3/h10,15H,4-9H2,1-3H3. The van der Waals surface area contributed by atoms with Crippen LogP contribution in [0.1, 0.15) is 49.0 Å². The first-order valence-electron chi connectivity index (χ1n) is 6.80. The molecule has 0 unspecified atom stereocenters. The molecular formula is C14H23N3O. The van der Waals surface area contributed by atoms with E-state index in [0.717, 1.165) is 44.8 Å². The number of hydrogen-bond acceptors (Lipinski definition) is 4. The third-order valence-electron chi connectivity index (χ3n) is 3.31. The van der Waals surface area contributed by atoms with Gasteiger partial charge in [-0.05, 0) is 12.3 Å². The van der Waals surface area contributed by atoms with Crippen molar-refractivity contribution in [3.05, 3.63) is 22.8 Å². The normalized spacial score (nSPS) is 14.9. The minimum atomic E-state index is 0.461. The van der Waals surface area contributed by atoms with Crippen LogP contribution in [0.5, 0.6) is 0 Å². The summed E-state index contributed by atoms with van der Waals surface area (Å²) in [6, 6.07) is 0. The Hall–Kier alpha value is -1.00. The summed E-state index contributed by atoms with van der Waals surface area (Å²) >= 11 is 0. The van der Waals surface area contributed by atoms with Crippen LogP contribution in [0.15, 0.2) is 0 Å². The summed E-state index contributed by atoms with van der Waals surface area (Å²) in [5, 5.41) is 3.41. The second-order valence-electron chi connectivity index (χ2n) is 5.13. The molecule has 1 aliphatic heterocycles. The van der Waals surface area contributed by atoms with Crippen LogP contribution in [0, 0.1) is 0 Å². The van der Waals surface area contributed by atoms with Crippen LogP contribution in [0.4, 0.5) is 0 Å². The number of ether oxygens (including phenoxy) is 1. The molecular weight excluding hydrogens is 226 g/mol. The number of hydrogen-bond donors (Lipinski definition) is 1. The average molecular weight is 249 g/mol. The molecule has 4 heteroatoms. The molecule has 0 spiro atoms. The van der Waals surface area contributed by atoms with Crippen molar-refractivity contribution in [2.45, 2.75) is 45.6 Å². The van der Waals surface area contributed by atoms with E-state index >= 15 is 0 Å². The van der Waals surface area contributed by atoms with Crippen LogP contribution < -0.4 is 5.32 Å². The van der Waals surface area contributed by atoms with Gasteiger partial charge in [-0.3, -0.25) is 0 Å². The summed E-state index contributed by atoms with van der Waals surface area (Å²) in [5.41, 5.74) is 3.80. The number of rotatable bonds is 5. The lowest BCUT2D eigenvalue weighted by atomic mass is 9.98. The van der Waals surface area contributed by atoms with E-state index < -0.39 is 0 Å². The summed E-state index contributed by atoms with van der Waals surface area (Å²) in [5.74, 6) is 1.44. The third kappa shape index (κ3) is 3.06. The molecule has 0 saturated heterocycles. The van der Waals surface area contributed by atoms with Crippen molar-refractivity contribution in [3.8, 4) is 0 Å². The van der Waals surface area contributed by atoms with E-state index in [4.69, 9.17) is 14.7 Å². The molecule has 1 aromatic rings. The van der Waals surface area contributed by atoms with Crippen LogP contribution in [0.25, 0.3) is 0 Å². The highest BCUT2D eigenvalue weighted by atomic mass is 16.5. The Kier molecular flexibility index (Phi) is 4.66. The zero-order valence-electron chi connectivity index (χ0n) is 11.6. The van der Waals surface area contributed by atoms with Gasteiger partial charge in [0.05, 0.1) is 11.4 Å². The molecule has 2 heterocycles. The van der Waals surface area contributed by atoms with Crippen molar-refractivity contribution in [1.29, 1.82) is 0 Å². The monoisotopic (exact) mass is 249 g/mol. The fourth-order valence-corrected chi connectivity index (χ4v) is 2.39. The number of methoxy groups -OCH3 is 1. The highest BCUT2D eigenvalue weighted by Gasteiger charge is 2.18. The average Bonchev–Trinajstić information content (AvgIpc) is 2.38. The predicted molar refractivity (Wildman–Crippen MR) is 71.7 cm³/mol. The van der Waals surface area contributed by atoms with Crippen molar-refractivity contribution in [1.82, 2.24) is 15.3 Å². The number of aryl methyl sites for hydroxylation is 1. The van der Waals surface area contributed by atoms with Crippen molar-refractivity contribution in [2.24, 2.45) is 0 Å². The minimum absolute atomic E-state index is 0.461. The SMILES string of the molecule is COCCCc1nc2c(c(C(C)C)n1)CNCC2. The zero-order valence-corrected chi connectivity index (χ0v) is 11.6. The Labute approximate surface area is 109 Å².